The lowest BCUT2D eigenvalue weighted by atomic mass is 10.2. The van der Waals surface area contributed by atoms with E-state index in [1.54, 1.807) is 7.11 Å². The van der Waals surface area contributed by atoms with Crippen LogP contribution in [0.1, 0.15) is 25.5 Å². The van der Waals surface area contributed by atoms with Crippen LogP contribution in [0.25, 0.3) is 0 Å². The number of hydrogen-bond donors (Lipinski definition) is 1. The van der Waals surface area contributed by atoms with E-state index >= 15 is 0 Å². The Morgan fingerprint density at radius 3 is 2.62 bits per heavy atom. The lowest BCUT2D eigenvalue weighted by molar-refractivity contribution is 0.242. The molecule has 0 amide bonds. The van der Waals surface area contributed by atoms with Crippen molar-refractivity contribution in [2.75, 3.05) is 20.2 Å². The highest BCUT2D eigenvalue weighted by atomic mass is 16.5. The number of aromatic amines is 1. The number of ether oxygens (including phenoxy) is 1. The molecule has 1 aromatic heterocycles. The Bertz CT molecular complexity index is 375. The fourth-order valence-electron chi connectivity index (χ4n) is 3.03. The monoisotopic (exact) mass is 221 g/mol. The maximum absolute atomic E-state index is 5.10. The van der Waals surface area contributed by atoms with Crippen LogP contribution in [-0.2, 0) is 0 Å². The first-order valence-electron chi connectivity index (χ1n) is 6.04. The van der Waals surface area contributed by atoms with Crippen molar-refractivity contribution in [3.63, 3.8) is 0 Å². The summed E-state index contributed by atoms with van der Waals surface area (Å²) in [4.78, 5) is 2.57. The van der Waals surface area contributed by atoms with Gasteiger partial charge < -0.3 is 9.64 Å². The molecule has 1 saturated heterocycles. The molecule has 3 rings (SSSR count). The molecule has 1 N–H and O–H groups in total. The SMILES string of the molecule is COc1cc(C2C3CN(C(C)C)CC32)[nH]n1. The molecule has 1 aliphatic heterocycles. The molecule has 4 heteroatoms. The van der Waals surface area contributed by atoms with Crippen molar-refractivity contribution in [3.05, 3.63) is 11.8 Å². The van der Waals surface area contributed by atoms with E-state index in [9.17, 15) is 0 Å². The van der Waals surface area contributed by atoms with Crippen LogP contribution in [0.4, 0.5) is 0 Å². The van der Waals surface area contributed by atoms with Crippen molar-refractivity contribution in [1.82, 2.24) is 15.1 Å². The molecule has 16 heavy (non-hydrogen) atoms. The predicted molar refractivity (Wildman–Crippen MR) is 61.6 cm³/mol. The average Bonchev–Trinajstić information content (AvgIpc) is 2.75. The van der Waals surface area contributed by atoms with E-state index in [1.165, 1.54) is 18.8 Å². The maximum Gasteiger partial charge on any atom is 0.232 e. The van der Waals surface area contributed by atoms with Gasteiger partial charge in [-0.1, -0.05) is 0 Å². The number of likely N-dealkylation sites (tertiary alicyclic amines) is 1. The summed E-state index contributed by atoms with van der Waals surface area (Å²) in [6.07, 6.45) is 0. The molecule has 88 valence electrons. The summed E-state index contributed by atoms with van der Waals surface area (Å²) in [5, 5.41) is 7.21. The van der Waals surface area contributed by atoms with Crippen molar-refractivity contribution in [3.8, 4) is 5.88 Å². The average molecular weight is 221 g/mol. The van der Waals surface area contributed by atoms with Crippen LogP contribution in [0.2, 0.25) is 0 Å². The van der Waals surface area contributed by atoms with Gasteiger partial charge in [0.1, 0.15) is 0 Å². The zero-order valence-corrected chi connectivity index (χ0v) is 10.1. The van der Waals surface area contributed by atoms with Crippen LogP contribution >= 0.6 is 0 Å². The van der Waals surface area contributed by atoms with Crippen molar-refractivity contribution >= 4 is 0 Å². The van der Waals surface area contributed by atoms with E-state index in [-0.39, 0.29) is 0 Å². The Morgan fingerprint density at radius 1 is 1.44 bits per heavy atom. The fourth-order valence-corrected chi connectivity index (χ4v) is 3.03. The predicted octanol–water partition coefficient (Wildman–Crippen LogP) is 1.47. The van der Waals surface area contributed by atoms with E-state index in [2.05, 4.69) is 28.9 Å². The summed E-state index contributed by atoms with van der Waals surface area (Å²) in [6.45, 7) is 7.04. The minimum Gasteiger partial charge on any atom is -0.480 e. The fraction of sp³-hybridized carbons (Fsp3) is 0.750. The van der Waals surface area contributed by atoms with E-state index in [1.807, 2.05) is 6.07 Å². The second-order valence-corrected chi connectivity index (χ2v) is 5.27. The maximum atomic E-state index is 5.10. The Kier molecular flexibility index (Phi) is 2.21. The Morgan fingerprint density at radius 2 is 2.12 bits per heavy atom. The van der Waals surface area contributed by atoms with Crippen molar-refractivity contribution in [2.24, 2.45) is 11.8 Å². The number of methoxy groups -OCH3 is 1. The van der Waals surface area contributed by atoms with Crippen LogP contribution in [-0.4, -0.2) is 41.3 Å². The number of nitrogens with one attached hydrogen (secondary N) is 1. The molecule has 0 aromatic carbocycles. The van der Waals surface area contributed by atoms with Gasteiger partial charge in [-0.25, -0.2) is 0 Å². The third kappa shape index (κ3) is 1.44. The van der Waals surface area contributed by atoms with Gasteiger partial charge in [-0.05, 0) is 25.7 Å². The standard InChI is InChI=1S/C12H19N3O/c1-7(2)15-5-8-9(6-15)12(8)10-4-11(16-3)14-13-10/h4,7-9,12H,5-6H2,1-3H3,(H,13,14). The smallest absolute Gasteiger partial charge is 0.232 e. The summed E-state index contributed by atoms with van der Waals surface area (Å²) in [5.74, 6) is 3.09. The van der Waals surface area contributed by atoms with Crippen LogP contribution in [0, 0.1) is 11.8 Å². The highest BCUT2D eigenvalue weighted by Crippen LogP contribution is 2.58. The molecular formula is C12H19N3O. The summed E-state index contributed by atoms with van der Waals surface area (Å²) < 4.78 is 5.10. The van der Waals surface area contributed by atoms with Crippen molar-refractivity contribution in [1.29, 1.82) is 0 Å². The highest BCUT2D eigenvalue weighted by Gasteiger charge is 2.57. The van der Waals surface area contributed by atoms with Gasteiger partial charge in [-0.2, -0.15) is 0 Å². The lowest BCUT2D eigenvalue weighted by Crippen LogP contribution is -2.31. The van der Waals surface area contributed by atoms with Crippen LogP contribution < -0.4 is 4.74 Å². The largest absolute Gasteiger partial charge is 0.480 e. The van der Waals surface area contributed by atoms with Crippen LogP contribution in [0.3, 0.4) is 0 Å². The first-order valence-corrected chi connectivity index (χ1v) is 6.04. The molecule has 1 aromatic rings. The summed E-state index contributed by atoms with van der Waals surface area (Å²) in [5.41, 5.74) is 1.26. The summed E-state index contributed by atoms with van der Waals surface area (Å²) in [7, 11) is 1.66. The van der Waals surface area contributed by atoms with Crippen LogP contribution in [0.5, 0.6) is 5.88 Å². The van der Waals surface area contributed by atoms with E-state index in [4.69, 9.17) is 4.74 Å². The van der Waals surface area contributed by atoms with Gasteiger partial charge in [-0.3, -0.25) is 5.10 Å². The molecule has 2 heterocycles. The molecule has 2 unspecified atom stereocenters. The quantitative estimate of drug-likeness (QED) is 0.840. The number of nitrogens with zero attached hydrogens (tertiary/aromatic N) is 2. The minimum atomic E-state index is 0.685. The number of rotatable bonds is 3. The molecule has 1 aliphatic carbocycles. The second kappa shape index (κ2) is 3.48. The van der Waals surface area contributed by atoms with Crippen molar-refractivity contribution in [2.45, 2.75) is 25.8 Å². The van der Waals surface area contributed by atoms with Gasteiger partial charge in [0.15, 0.2) is 0 Å². The Hall–Kier alpha value is -1.03. The van der Waals surface area contributed by atoms with E-state index < -0.39 is 0 Å². The van der Waals surface area contributed by atoms with E-state index in [0.717, 1.165) is 11.8 Å². The third-order valence-electron chi connectivity index (χ3n) is 4.09. The molecule has 2 aliphatic rings. The number of fused-ring (bicyclic) bond motifs is 1. The number of piperidine rings is 1. The first kappa shape index (κ1) is 10.1. The highest BCUT2D eigenvalue weighted by molar-refractivity contribution is 5.28. The molecular weight excluding hydrogens is 202 g/mol. The van der Waals surface area contributed by atoms with Gasteiger partial charge in [0, 0.05) is 36.8 Å². The minimum absolute atomic E-state index is 0.685. The molecule has 4 nitrogen and oxygen atoms in total. The molecule has 0 bridgehead atoms. The number of hydrogen-bond acceptors (Lipinski definition) is 3. The molecule has 0 radical (unpaired) electrons. The molecule has 0 spiro atoms. The number of H-pyrrole nitrogens is 1. The van der Waals surface area contributed by atoms with E-state index in [0.29, 0.717) is 17.8 Å². The Balaban J connectivity index is 1.66. The Labute approximate surface area is 96.0 Å². The van der Waals surface area contributed by atoms with Gasteiger partial charge in [0.05, 0.1) is 7.11 Å². The van der Waals surface area contributed by atoms with Gasteiger partial charge >= 0.3 is 0 Å². The van der Waals surface area contributed by atoms with Gasteiger partial charge in [-0.15, -0.1) is 5.10 Å². The molecule has 1 saturated carbocycles. The summed E-state index contributed by atoms with van der Waals surface area (Å²) in [6, 6.07) is 2.73. The lowest BCUT2D eigenvalue weighted by Gasteiger charge is -2.23. The van der Waals surface area contributed by atoms with Gasteiger partial charge in [0.25, 0.3) is 0 Å². The van der Waals surface area contributed by atoms with Crippen LogP contribution in [0.15, 0.2) is 6.07 Å². The van der Waals surface area contributed by atoms with Crippen molar-refractivity contribution < 1.29 is 4.74 Å². The first-order chi connectivity index (χ1) is 7.70. The summed E-state index contributed by atoms with van der Waals surface area (Å²) >= 11 is 0. The van der Waals surface area contributed by atoms with Gasteiger partial charge in [0.2, 0.25) is 5.88 Å². The topological polar surface area (TPSA) is 41.1 Å². The number of aromatic nitrogens is 2. The molecule has 2 fully saturated rings. The normalized spacial score (nSPS) is 33.1. The second-order valence-electron chi connectivity index (χ2n) is 5.27. The zero-order chi connectivity index (χ0) is 11.3. The molecule has 2 atom stereocenters. The third-order valence-corrected chi connectivity index (χ3v) is 4.09. The zero-order valence-electron chi connectivity index (χ0n) is 10.1.